The summed E-state index contributed by atoms with van der Waals surface area (Å²) in [5, 5.41) is 6.24. The van der Waals surface area contributed by atoms with Gasteiger partial charge < -0.3 is 5.32 Å². The summed E-state index contributed by atoms with van der Waals surface area (Å²) < 4.78 is 1.75. The zero-order valence-electron chi connectivity index (χ0n) is 12.8. The number of nitrogens with one attached hydrogen (secondary N) is 2. The van der Waals surface area contributed by atoms with E-state index in [9.17, 15) is 9.59 Å². The quantitative estimate of drug-likeness (QED) is 0.730. The van der Waals surface area contributed by atoms with Crippen LogP contribution in [0.15, 0.2) is 42.5 Å². The Balaban J connectivity index is 1.59. The molecule has 1 aliphatic rings. The summed E-state index contributed by atoms with van der Waals surface area (Å²) in [4.78, 5) is 29.0. The highest BCUT2D eigenvalue weighted by Crippen LogP contribution is 2.32. The zero-order chi connectivity index (χ0) is 17.6. The monoisotopic (exact) mass is 374 g/mol. The molecule has 25 heavy (non-hydrogen) atoms. The zero-order valence-corrected chi connectivity index (χ0v) is 14.3. The molecule has 0 bridgehead atoms. The molecule has 0 saturated carbocycles. The number of carbonyl (C=O) groups excluding carboxylic acids is 2. The number of benzene rings is 2. The van der Waals surface area contributed by atoms with Gasteiger partial charge in [0.1, 0.15) is 6.04 Å². The number of halogens is 2. The van der Waals surface area contributed by atoms with Crippen LogP contribution in [-0.4, -0.2) is 21.4 Å². The second-order valence-electron chi connectivity index (χ2n) is 5.68. The molecule has 0 unspecified atom stereocenters. The van der Waals surface area contributed by atoms with Crippen molar-refractivity contribution in [3.8, 4) is 0 Å². The van der Waals surface area contributed by atoms with Gasteiger partial charge in [0.2, 0.25) is 17.8 Å². The maximum Gasteiger partial charge on any atom is 0.250 e. The summed E-state index contributed by atoms with van der Waals surface area (Å²) >= 11 is 11.9. The standard InChI is InChI=1S/C17H12Cl2N4O2/c18-9-5-6-11(10(19)7-9)20-15(24)8-14-16(25)22-17-21-12-3-1-2-4-13(12)23(14)17/h1-7,14H,8H2,(H,20,24)(H,21,22,25)/t14-/m1/s1. The number of para-hydroxylation sites is 2. The Kier molecular flexibility index (Phi) is 3.86. The molecule has 1 aliphatic heterocycles. The molecule has 0 radical (unpaired) electrons. The van der Waals surface area contributed by atoms with E-state index >= 15 is 0 Å². The first-order chi connectivity index (χ1) is 12.0. The van der Waals surface area contributed by atoms with Crippen LogP contribution in [-0.2, 0) is 9.59 Å². The first-order valence-corrected chi connectivity index (χ1v) is 8.31. The average Bonchev–Trinajstić information content (AvgIpc) is 3.06. The van der Waals surface area contributed by atoms with Crippen LogP contribution in [0.2, 0.25) is 10.0 Å². The van der Waals surface area contributed by atoms with Crippen molar-refractivity contribution in [1.82, 2.24) is 9.55 Å². The lowest BCUT2D eigenvalue weighted by molar-refractivity contribution is -0.123. The summed E-state index contributed by atoms with van der Waals surface area (Å²) in [6, 6.07) is 11.6. The van der Waals surface area contributed by atoms with Crippen molar-refractivity contribution in [2.75, 3.05) is 10.6 Å². The van der Waals surface area contributed by atoms with Crippen LogP contribution in [0.3, 0.4) is 0 Å². The highest BCUT2D eigenvalue weighted by Gasteiger charge is 2.34. The smallest absolute Gasteiger partial charge is 0.250 e. The summed E-state index contributed by atoms with van der Waals surface area (Å²) in [6.45, 7) is 0. The van der Waals surface area contributed by atoms with Crippen molar-refractivity contribution >= 4 is 57.7 Å². The van der Waals surface area contributed by atoms with Gasteiger partial charge in [0, 0.05) is 5.02 Å². The molecular formula is C17H12Cl2N4O2. The van der Waals surface area contributed by atoms with E-state index in [2.05, 4.69) is 15.6 Å². The minimum atomic E-state index is -0.659. The first kappa shape index (κ1) is 15.9. The largest absolute Gasteiger partial charge is 0.325 e. The number of anilines is 2. The third kappa shape index (κ3) is 2.83. The molecule has 1 atom stereocenters. The van der Waals surface area contributed by atoms with E-state index in [1.807, 2.05) is 24.3 Å². The number of hydrogen-bond acceptors (Lipinski definition) is 3. The third-order valence-electron chi connectivity index (χ3n) is 4.03. The van der Waals surface area contributed by atoms with Gasteiger partial charge >= 0.3 is 0 Å². The molecule has 1 aromatic heterocycles. The van der Waals surface area contributed by atoms with E-state index in [1.165, 1.54) is 0 Å². The fraction of sp³-hybridized carbons (Fsp3) is 0.118. The van der Waals surface area contributed by atoms with Gasteiger partial charge in [-0.15, -0.1) is 0 Å². The second kappa shape index (κ2) is 6.06. The fourth-order valence-electron chi connectivity index (χ4n) is 2.91. The predicted octanol–water partition coefficient (Wildman–Crippen LogP) is 3.87. The number of hydrogen-bond donors (Lipinski definition) is 2. The van der Waals surface area contributed by atoms with Gasteiger partial charge in [-0.3, -0.25) is 19.5 Å². The van der Waals surface area contributed by atoms with E-state index in [0.29, 0.717) is 21.7 Å². The number of imidazole rings is 1. The summed E-state index contributed by atoms with van der Waals surface area (Å²) in [7, 11) is 0. The molecule has 4 rings (SSSR count). The maximum absolute atomic E-state index is 12.4. The number of carbonyl (C=O) groups is 2. The van der Waals surface area contributed by atoms with E-state index in [4.69, 9.17) is 23.2 Å². The van der Waals surface area contributed by atoms with Gasteiger partial charge in [0.05, 0.1) is 28.2 Å². The lowest BCUT2D eigenvalue weighted by Crippen LogP contribution is -2.23. The predicted molar refractivity (Wildman–Crippen MR) is 97.1 cm³/mol. The highest BCUT2D eigenvalue weighted by molar-refractivity contribution is 6.36. The van der Waals surface area contributed by atoms with Gasteiger partial charge in [0.15, 0.2) is 0 Å². The van der Waals surface area contributed by atoms with Gasteiger partial charge in [-0.25, -0.2) is 4.98 Å². The van der Waals surface area contributed by atoms with E-state index in [-0.39, 0.29) is 18.2 Å². The molecule has 6 nitrogen and oxygen atoms in total. The molecule has 126 valence electrons. The molecular weight excluding hydrogens is 363 g/mol. The molecule has 2 amide bonds. The van der Waals surface area contributed by atoms with E-state index in [1.54, 1.807) is 22.8 Å². The van der Waals surface area contributed by atoms with Crippen molar-refractivity contribution in [2.24, 2.45) is 0 Å². The van der Waals surface area contributed by atoms with Crippen LogP contribution < -0.4 is 10.6 Å². The first-order valence-electron chi connectivity index (χ1n) is 7.55. The van der Waals surface area contributed by atoms with Crippen LogP contribution >= 0.6 is 23.2 Å². The molecule has 8 heteroatoms. The van der Waals surface area contributed by atoms with Crippen LogP contribution in [0.5, 0.6) is 0 Å². The van der Waals surface area contributed by atoms with E-state index in [0.717, 1.165) is 11.0 Å². The molecule has 0 fully saturated rings. The van der Waals surface area contributed by atoms with Crippen molar-refractivity contribution in [1.29, 1.82) is 0 Å². The van der Waals surface area contributed by atoms with Crippen molar-refractivity contribution in [3.63, 3.8) is 0 Å². The lowest BCUT2D eigenvalue weighted by atomic mass is 10.1. The number of fused-ring (bicyclic) bond motifs is 3. The summed E-state index contributed by atoms with van der Waals surface area (Å²) in [5.74, 6) is -0.130. The topological polar surface area (TPSA) is 76.0 Å². The SMILES string of the molecule is O=C(C[C@@H]1C(=O)Nc2nc3ccccc3n21)Nc1ccc(Cl)cc1Cl. The number of rotatable bonds is 3. The van der Waals surface area contributed by atoms with Crippen LogP contribution in [0, 0.1) is 0 Å². The third-order valence-corrected chi connectivity index (χ3v) is 4.58. The van der Waals surface area contributed by atoms with Crippen molar-refractivity contribution in [2.45, 2.75) is 12.5 Å². The van der Waals surface area contributed by atoms with E-state index < -0.39 is 6.04 Å². The molecule has 2 aromatic carbocycles. The Hall–Kier alpha value is -2.57. The number of nitrogens with zero attached hydrogens (tertiary/aromatic N) is 2. The summed E-state index contributed by atoms with van der Waals surface area (Å²) in [6.07, 6.45) is -0.0296. The Morgan fingerprint density at radius 3 is 2.84 bits per heavy atom. The highest BCUT2D eigenvalue weighted by atomic mass is 35.5. The van der Waals surface area contributed by atoms with Gasteiger partial charge in [-0.2, -0.15) is 0 Å². The lowest BCUT2D eigenvalue weighted by Gasteiger charge is -2.12. The summed E-state index contributed by atoms with van der Waals surface area (Å²) in [5.41, 5.74) is 2.02. The van der Waals surface area contributed by atoms with Crippen molar-refractivity contribution < 1.29 is 9.59 Å². The van der Waals surface area contributed by atoms with Gasteiger partial charge in [-0.05, 0) is 30.3 Å². The molecule has 3 aromatic rings. The molecule has 0 aliphatic carbocycles. The Morgan fingerprint density at radius 1 is 1.24 bits per heavy atom. The maximum atomic E-state index is 12.4. The van der Waals surface area contributed by atoms with Gasteiger partial charge in [-0.1, -0.05) is 35.3 Å². The molecule has 0 saturated heterocycles. The van der Waals surface area contributed by atoms with Crippen LogP contribution in [0.4, 0.5) is 11.6 Å². The Bertz CT molecular complexity index is 1020. The van der Waals surface area contributed by atoms with Crippen LogP contribution in [0.25, 0.3) is 11.0 Å². The molecule has 2 heterocycles. The number of aromatic nitrogens is 2. The molecule has 0 spiro atoms. The molecule has 2 N–H and O–H groups in total. The van der Waals surface area contributed by atoms with Crippen molar-refractivity contribution in [3.05, 3.63) is 52.5 Å². The van der Waals surface area contributed by atoms with Crippen LogP contribution in [0.1, 0.15) is 12.5 Å². The average molecular weight is 375 g/mol. The fourth-order valence-corrected chi connectivity index (χ4v) is 3.37. The second-order valence-corrected chi connectivity index (χ2v) is 6.52. The Morgan fingerprint density at radius 2 is 2.04 bits per heavy atom. The Labute approximate surface area is 152 Å². The van der Waals surface area contributed by atoms with Gasteiger partial charge in [0.25, 0.3) is 0 Å². The number of amides is 2. The normalized spacial score (nSPS) is 15.9. The minimum Gasteiger partial charge on any atom is -0.325 e. The minimum absolute atomic E-state index is 0.0296.